The van der Waals surface area contributed by atoms with Crippen LogP contribution in [0.3, 0.4) is 0 Å². The standard InChI is InChI=1S/C15H28O3/c1-17-15(18-2)12-8-4-6-10-13-9-5-3-7-11-14(13)16/h10,14-16H,3-9,11-12H2,1-2H3/b13-10-. The summed E-state index contributed by atoms with van der Waals surface area (Å²) in [7, 11) is 3.36. The molecule has 0 aromatic carbocycles. The molecule has 0 aromatic heterocycles. The van der Waals surface area contributed by atoms with Crippen molar-refractivity contribution in [1.82, 2.24) is 0 Å². The summed E-state index contributed by atoms with van der Waals surface area (Å²) in [4.78, 5) is 0. The van der Waals surface area contributed by atoms with Gasteiger partial charge in [0, 0.05) is 14.2 Å². The molecule has 1 fully saturated rings. The highest BCUT2D eigenvalue weighted by Gasteiger charge is 2.13. The number of hydrogen-bond donors (Lipinski definition) is 1. The molecule has 0 saturated heterocycles. The van der Waals surface area contributed by atoms with Crippen molar-refractivity contribution >= 4 is 0 Å². The van der Waals surface area contributed by atoms with E-state index in [-0.39, 0.29) is 12.4 Å². The van der Waals surface area contributed by atoms with E-state index < -0.39 is 0 Å². The molecule has 0 bridgehead atoms. The van der Waals surface area contributed by atoms with Crippen LogP contribution in [0.25, 0.3) is 0 Å². The molecule has 0 radical (unpaired) electrons. The highest BCUT2D eigenvalue weighted by molar-refractivity contribution is 5.09. The van der Waals surface area contributed by atoms with Gasteiger partial charge >= 0.3 is 0 Å². The minimum atomic E-state index is -0.182. The molecular formula is C15H28O3. The van der Waals surface area contributed by atoms with Crippen LogP contribution in [-0.4, -0.2) is 31.7 Å². The fourth-order valence-corrected chi connectivity index (χ4v) is 2.51. The van der Waals surface area contributed by atoms with E-state index in [9.17, 15) is 5.11 Å². The topological polar surface area (TPSA) is 38.7 Å². The van der Waals surface area contributed by atoms with Crippen LogP contribution in [0.5, 0.6) is 0 Å². The lowest BCUT2D eigenvalue weighted by Gasteiger charge is -2.13. The maximum atomic E-state index is 9.96. The molecule has 1 saturated carbocycles. The molecule has 0 spiro atoms. The molecule has 1 rings (SSSR count). The molecule has 18 heavy (non-hydrogen) atoms. The molecule has 0 aliphatic heterocycles. The van der Waals surface area contributed by atoms with E-state index in [1.807, 2.05) is 0 Å². The summed E-state index contributed by atoms with van der Waals surface area (Å²) in [5.74, 6) is 0. The van der Waals surface area contributed by atoms with Crippen molar-refractivity contribution in [1.29, 1.82) is 0 Å². The number of ether oxygens (including phenoxy) is 2. The van der Waals surface area contributed by atoms with Gasteiger partial charge in [0.2, 0.25) is 0 Å². The van der Waals surface area contributed by atoms with E-state index >= 15 is 0 Å². The number of rotatable bonds is 7. The molecule has 0 amide bonds. The average molecular weight is 256 g/mol. The van der Waals surface area contributed by atoms with Gasteiger partial charge in [0.05, 0.1) is 6.10 Å². The van der Waals surface area contributed by atoms with E-state index in [1.54, 1.807) is 14.2 Å². The van der Waals surface area contributed by atoms with E-state index in [2.05, 4.69) is 6.08 Å². The molecule has 1 N–H and O–H groups in total. The van der Waals surface area contributed by atoms with Crippen LogP contribution in [0.2, 0.25) is 0 Å². The molecule has 1 aliphatic carbocycles. The quantitative estimate of drug-likeness (QED) is 0.328. The van der Waals surface area contributed by atoms with Crippen LogP contribution < -0.4 is 0 Å². The van der Waals surface area contributed by atoms with Gasteiger partial charge in [-0.05, 0) is 50.5 Å². The smallest absolute Gasteiger partial charge is 0.156 e. The summed E-state index contributed by atoms with van der Waals surface area (Å²) in [6, 6.07) is 0. The van der Waals surface area contributed by atoms with E-state index in [4.69, 9.17) is 9.47 Å². The van der Waals surface area contributed by atoms with Crippen molar-refractivity contribution in [3.05, 3.63) is 11.6 Å². The SMILES string of the molecule is COC(CCCC/C=C1/CCCCCC1O)OC. The number of aliphatic hydroxyl groups is 1. The van der Waals surface area contributed by atoms with Gasteiger partial charge in [-0.1, -0.05) is 18.9 Å². The van der Waals surface area contributed by atoms with Gasteiger partial charge in [0.15, 0.2) is 6.29 Å². The number of hydrogen-bond acceptors (Lipinski definition) is 3. The number of methoxy groups -OCH3 is 2. The number of allylic oxidation sites excluding steroid dienone is 1. The third kappa shape index (κ3) is 5.98. The first-order valence-electron chi connectivity index (χ1n) is 7.20. The summed E-state index contributed by atoms with van der Waals surface area (Å²) in [6.07, 6.45) is 11.9. The van der Waals surface area contributed by atoms with E-state index in [0.717, 1.165) is 38.5 Å². The third-order valence-corrected chi connectivity index (χ3v) is 3.70. The summed E-state index contributed by atoms with van der Waals surface area (Å²) >= 11 is 0. The maximum Gasteiger partial charge on any atom is 0.156 e. The van der Waals surface area contributed by atoms with Crippen molar-refractivity contribution in [2.75, 3.05) is 14.2 Å². The van der Waals surface area contributed by atoms with Crippen LogP contribution >= 0.6 is 0 Å². The number of unbranched alkanes of at least 4 members (excludes halogenated alkanes) is 2. The molecule has 1 unspecified atom stereocenters. The van der Waals surface area contributed by atoms with Gasteiger partial charge in [-0.15, -0.1) is 0 Å². The Bertz CT molecular complexity index is 234. The Balaban J connectivity index is 2.18. The normalized spacial score (nSPS) is 23.6. The molecule has 0 aromatic rings. The van der Waals surface area contributed by atoms with Crippen LogP contribution in [0.15, 0.2) is 11.6 Å². The molecule has 3 nitrogen and oxygen atoms in total. The minimum Gasteiger partial charge on any atom is -0.389 e. The lowest BCUT2D eigenvalue weighted by molar-refractivity contribution is -0.107. The Morgan fingerprint density at radius 3 is 2.72 bits per heavy atom. The number of aliphatic hydroxyl groups excluding tert-OH is 1. The molecule has 3 heteroatoms. The summed E-state index contributed by atoms with van der Waals surface area (Å²) < 4.78 is 10.3. The van der Waals surface area contributed by atoms with Crippen molar-refractivity contribution in [3.8, 4) is 0 Å². The van der Waals surface area contributed by atoms with Gasteiger partial charge in [-0.3, -0.25) is 0 Å². The third-order valence-electron chi connectivity index (χ3n) is 3.70. The van der Waals surface area contributed by atoms with E-state index in [0.29, 0.717) is 0 Å². The summed E-state index contributed by atoms with van der Waals surface area (Å²) in [6.45, 7) is 0. The molecule has 106 valence electrons. The first-order chi connectivity index (χ1) is 8.77. The maximum absolute atomic E-state index is 9.96. The lowest BCUT2D eigenvalue weighted by Crippen LogP contribution is -2.12. The average Bonchev–Trinajstić information content (AvgIpc) is 2.59. The monoisotopic (exact) mass is 256 g/mol. The largest absolute Gasteiger partial charge is 0.389 e. The Kier molecular flexibility index (Phi) is 8.31. The van der Waals surface area contributed by atoms with Gasteiger partial charge in [0.1, 0.15) is 0 Å². The van der Waals surface area contributed by atoms with Crippen LogP contribution in [0.1, 0.15) is 57.8 Å². The van der Waals surface area contributed by atoms with Crippen molar-refractivity contribution in [2.24, 2.45) is 0 Å². The Morgan fingerprint density at radius 2 is 2.00 bits per heavy atom. The molecular weight excluding hydrogens is 228 g/mol. The zero-order valence-corrected chi connectivity index (χ0v) is 11.9. The molecule has 0 heterocycles. The van der Waals surface area contributed by atoms with E-state index in [1.165, 1.54) is 24.8 Å². The zero-order valence-electron chi connectivity index (χ0n) is 11.9. The lowest BCUT2D eigenvalue weighted by atomic mass is 10.0. The van der Waals surface area contributed by atoms with Gasteiger partial charge < -0.3 is 14.6 Å². The summed E-state index contributed by atoms with van der Waals surface area (Å²) in [5, 5.41) is 9.96. The van der Waals surface area contributed by atoms with Gasteiger partial charge in [0.25, 0.3) is 0 Å². The second-order valence-corrected chi connectivity index (χ2v) is 5.08. The van der Waals surface area contributed by atoms with Crippen LogP contribution in [0.4, 0.5) is 0 Å². The highest BCUT2D eigenvalue weighted by Crippen LogP contribution is 2.23. The Morgan fingerprint density at radius 1 is 1.22 bits per heavy atom. The predicted octanol–water partition coefficient (Wildman–Crippen LogP) is 3.42. The Hall–Kier alpha value is -0.380. The van der Waals surface area contributed by atoms with Crippen LogP contribution in [0, 0.1) is 0 Å². The molecule has 1 atom stereocenters. The van der Waals surface area contributed by atoms with Gasteiger partial charge in [-0.2, -0.15) is 0 Å². The zero-order chi connectivity index (χ0) is 13.2. The highest BCUT2D eigenvalue weighted by atomic mass is 16.7. The first kappa shape index (κ1) is 15.7. The van der Waals surface area contributed by atoms with Crippen molar-refractivity contribution in [2.45, 2.75) is 70.2 Å². The first-order valence-corrected chi connectivity index (χ1v) is 7.20. The second-order valence-electron chi connectivity index (χ2n) is 5.08. The summed E-state index contributed by atoms with van der Waals surface area (Å²) in [5.41, 5.74) is 1.27. The van der Waals surface area contributed by atoms with Crippen molar-refractivity contribution in [3.63, 3.8) is 0 Å². The second kappa shape index (κ2) is 9.54. The fourth-order valence-electron chi connectivity index (χ4n) is 2.51. The predicted molar refractivity (Wildman–Crippen MR) is 73.4 cm³/mol. The molecule has 1 aliphatic rings. The van der Waals surface area contributed by atoms with Crippen LogP contribution in [-0.2, 0) is 9.47 Å². The van der Waals surface area contributed by atoms with Crippen molar-refractivity contribution < 1.29 is 14.6 Å². The fraction of sp³-hybridized carbons (Fsp3) is 0.867. The minimum absolute atomic E-state index is 0.0684. The van der Waals surface area contributed by atoms with Gasteiger partial charge in [-0.25, -0.2) is 0 Å². The Labute approximate surface area is 111 Å².